The summed E-state index contributed by atoms with van der Waals surface area (Å²) < 4.78 is 0. The van der Waals surface area contributed by atoms with Crippen molar-refractivity contribution in [2.24, 2.45) is 0 Å². The van der Waals surface area contributed by atoms with Crippen LogP contribution in [0.3, 0.4) is 0 Å². The molecule has 2 N–H and O–H groups in total. The molecule has 0 unspecified atom stereocenters. The van der Waals surface area contributed by atoms with Gasteiger partial charge in [0.05, 0.1) is 7.11 Å². The van der Waals surface area contributed by atoms with Crippen molar-refractivity contribution in [3.63, 3.8) is 0 Å². The van der Waals surface area contributed by atoms with E-state index in [2.05, 4.69) is 16.4 Å². The number of phenols is 1. The minimum atomic E-state index is 0.404. The Balaban J connectivity index is 2.29. The molecule has 0 bridgehead atoms. The smallest absolute Gasteiger partial charge is 0.125 e. The minimum Gasteiger partial charge on any atom is -0.507 e. The van der Waals surface area contributed by atoms with E-state index in [9.17, 15) is 5.11 Å². The Labute approximate surface area is 89.4 Å². The predicted molar refractivity (Wildman–Crippen MR) is 58.9 cm³/mol. The lowest BCUT2D eigenvalue weighted by atomic mass is 10.1. The summed E-state index contributed by atoms with van der Waals surface area (Å²) in [6.45, 7) is 1.50. The van der Waals surface area contributed by atoms with Gasteiger partial charge in [-0.05, 0) is 12.5 Å². The molecule has 4 nitrogen and oxygen atoms in total. The van der Waals surface area contributed by atoms with E-state index in [1.54, 1.807) is 7.11 Å². The van der Waals surface area contributed by atoms with Gasteiger partial charge < -0.3 is 14.8 Å². The summed E-state index contributed by atoms with van der Waals surface area (Å²) in [4.78, 5) is 6.93. The molecule has 82 valence electrons. The van der Waals surface area contributed by atoms with Crippen molar-refractivity contribution in [2.75, 3.05) is 25.6 Å². The molecular formula is C11H16N2O2. The summed E-state index contributed by atoms with van der Waals surface area (Å²) in [5, 5.41) is 10.0. The van der Waals surface area contributed by atoms with E-state index in [0.717, 1.165) is 29.8 Å². The van der Waals surface area contributed by atoms with Gasteiger partial charge in [0, 0.05) is 37.0 Å². The van der Waals surface area contributed by atoms with E-state index in [-0.39, 0.29) is 0 Å². The number of likely N-dealkylation sites (N-methyl/N-ethyl adjacent to an activating group) is 1. The predicted octanol–water partition coefficient (Wildman–Crippen LogP) is 1.04. The van der Waals surface area contributed by atoms with Crippen molar-refractivity contribution < 1.29 is 9.94 Å². The number of nitrogens with zero attached hydrogens (tertiary/aromatic N) is 1. The molecule has 0 atom stereocenters. The maximum Gasteiger partial charge on any atom is 0.125 e. The van der Waals surface area contributed by atoms with Crippen molar-refractivity contribution in [2.45, 2.75) is 13.0 Å². The molecule has 0 aromatic heterocycles. The second-order valence-corrected chi connectivity index (χ2v) is 3.77. The van der Waals surface area contributed by atoms with Crippen LogP contribution in [-0.2, 0) is 17.8 Å². The Kier molecular flexibility index (Phi) is 2.79. The number of fused-ring (bicyclic) bond motifs is 1. The van der Waals surface area contributed by atoms with Gasteiger partial charge in [0.25, 0.3) is 0 Å². The van der Waals surface area contributed by atoms with E-state index in [0.29, 0.717) is 12.3 Å². The lowest BCUT2D eigenvalue weighted by Gasteiger charge is -2.13. The molecule has 1 aliphatic rings. The lowest BCUT2D eigenvalue weighted by molar-refractivity contribution is 0.0861. The fraction of sp³-hybridized carbons (Fsp3) is 0.455. The van der Waals surface area contributed by atoms with Gasteiger partial charge in [-0.25, -0.2) is 0 Å². The third-order valence-corrected chi connectivity index (χ3v) is 2.86. The second-order valence-electron chi connectivity index (χ2n) is 3.77. The topological polar surface area (TPSA) is 44.7 Å². The Morgan fingerprint density at radius 1 is 1.53 bits per heavy atom. The Morgan fingerprint density at radius 3 is 3.07 bits per heavy atom. The van der Waals surface area contributed by atoms with Gasteiger partial charge in [-0.2, -0.15) is 5.48 Å². The van der Waals surface area contributed by atoms with E-state index in [1.807, 2.05) is 13.1 Å². The van der Waals surface area contributed by atoms with Gasteiger partial charge >= 0.3 is 0 Å². The van der Waals surface area contributed by atoms with Crippen LogP contribution < -0.4 is 10.4 Å². The van der Waals surface area contributed by atoms with E-state index < -0.39 is 0 Å². The zero-order valence-electron chi connectivity index (χ0n) is 9.08. The number of anilines is 1. The number of hydrogen-bond acceptors (Lipinski definition) is 4. The highest BCUT2D eigenvalue weighted by molar-refractivity contribution is 5.64. The number of rotatable bonds is 3. The highest BCUT2D eigenvalue weighted by Gasteiger charge is 2.20. The first-order chi connectivity index (χ1) is 7.24. The largest absolute Gasteiger partial charge is 0.507 e. The minimum absolute atomic E-state index is 0.404. The molecule has 1 aromatic carbocycles. The summed E-state index contributed by atoms with van der Waals surface area (Å²) in [5.74, 6) is 0.404. The summed E-state index contributed by atoms with van der Waals surface area (Å²) in [7, 11) is 3.61. The van der Waals surface area contributed by atoms with E-state index in [4.69, 9.17) is 4.84 Å². The van der Waals surface area contributed by atoms with Gasteiger partial charge in [0.2, 0.25) is 0 Å². The van der Waals surface area contributed by atoms with Crippen molar-refractivity contribution in [3.05, 3.63) is 23.3 Å². The third kappa shape index (κ3) is 1.78. The molecule has 2 rings (SSSR count). The molecule has 0 saturated heterocycles. The summed E-state index contributed by atoms with van der Waals surface area (Å²) >= 11 is 0. The van der Waals surface area contributed by atoms with Crippen molar-refractivity contribution in [1.29, 1.82) is 0 Å². The first kappa shape index (κ1) is 10.3. The van der Waals surface area contributed by atoms with Crippen molar-refractivity contribution in [1.82, 2.24) is 5.48 Å². The number of phenolic OH excluding ortho intramolecular Hbond substituents is 1. The van der Waals surface area contributed by atoms with Gasteiger partial charge in [0.1, 0.15) is 5.75 Å². The molecule has 1 heterocycles. The quantitative estimate of drug-likeness (QED) is 0.728. The van der Waals surface area contributed by atoms with Gasteiger partial charge in [0.15, 0.2) is 0 Å². The van der Waals surface area contributed by atoms with E-state index in [1.165, 1.54) is 0 Å². The molecular weight excluding hydrogens is 192 g/mol. The molecule has 4 heteroatoms. The van der Waals surface area contributed by atoms with Crippen LogP contribution in [-0.4, -0.2) is 25.8 Å². The van der Waals surface area contributed by atoms with Crippen molar-refractivity contribution >= 4 is 5.69 Å². The molecule has 0 aliphatic carbocycles. The fourth-order valence-corrected chi connectivity index (χ4v) is 1.97. The maximum atomic E-state index is 10.0. The average molecular weight is 208 g/mol. The molecule has 1 aliphatic heterocycles. The van der Waals surface area contributed by atoms with Crippen LogP contribution >= 0.6 is 0 Å². The summed E-state index contributed by atoms with van der Waals surface area (Å²) in [6.07, 6.45) is 0.915. The van der Waals surface area contributed by atoms with Crippen LogP contribution in [0.15, 0.2) is 12.1 Å². The van der Waals surface area contributed by atoms with Crippen LogP contribution in [0.1, 0.15) is 11.1 Å². The molecule has 0 radical (unpaired) electrons. The fourth-order valence-electron chi connectivity index (χ4n) is 1.97. The van der Waals surface area contributed by atoms with Gasteiger partial charge in [-0.1, -0.05) is 6.07 Å². The molecule has 0 amide bonds. The highest BCUT2D eigenvalue weighted by Crippen LogP contribution is 2.35. The molecule has 1 aromatic rings. The van der Waals surface area contributed by atoms with Crippen molar-refractivity contribution in [3.8, 4) is 5.75 Å². The number of aromatic hydroxyl groups is 1. The Bertz CT molecular complexity index is 366. The van der Waals surface area contributed by atoms with E-state index >= 15 is 0 Å². The molecule has 15 heavy (non-hydrogen) atoms. The third-order valence-electron chi connectivity index (χ3n) is 2.86. The second kappa shape index (κ2) is 4.08. The molecule has 0 spiro atoms. The normalized spacial score (nSPS) is 14.4. The standard InChI is InChI=1S/C11H16N2O2/c1-13-6-5-9-10(13)4-3-8(11(9)14)7-12-15-2/h3-4,12,14H,5-7H2,1-2H3. The Hall–Kier alpha value is -1.26. The first-order valence-electron chi connectivity index (χ1n) is 5.04. The lowest BCUT2D eigenvalue weighted by Crippen LogP contribution is -2.13. The van der Waals surface area contributed by atoms with Crippen LogP contribution in [0.2, 0.25) is 0 Å². The summed E-state index contributed by atoms with van der Waals surface area (Å²) in [6, 6.07) is 3.98. The van der Waals surface area contributed by atoms with Crippen LogP contribution in [0, 0.1) is 0 Å². The van der Waals surface area contributed by atoms with Gasteiger partial charge in [-0.3, -0.25) is 0 Å². The maximum absolute atomic E-state index is 10.0. The van der Waals surface area contributed by atoms with Crippen LogP contribution in [0.25, 0.3) is 0 Å². The number of benzene rings is 1. The number of hydroxylamine groups is 1. The molecule has 0 fully saturated rings. The summed E-state index contributed by atoms with van der Waals surface area (Å²) in [5.41, 5.74) is 5.80. The van der Waals surface area contributed by atoms with Gasteiger partial charge in [-0.15, -0.1) is 0 Å². The molecule has 0 saturated carbocycles. The average Bonchev–Trinajstić information content (AvgIpc) is 2.61. The zero-order chi connectivity index (χ0) is 10.8. The monoisotopic (exact) mass is 208 g/mol. The van der Waals surface area contributed by atoms with Crippen LogP contribution in [0.4, 0.5) is 5.69 Å². The number of nitrogens with one attached hydrogen (secondary N) is 1. The SMILES string of the molecule is CONCc1ccc2c(c1O)CCN2C. The first-order valence-corrected chi connectivity index (χ1v) is 5.04. The highest BCUT2D eigenvalue weighted by atomic mass is 16.6. The zero-order valence-corrected chi connectivity index (χ0v) is 9.08. The van der Waals surface area contributed by atoms with Crippen LogP contribution in [0.5, 0.6) is 5.75 Å². The Morgan fingerprint density at radius 2 is 2.33 bits per heavy atom. The number of hydrogen-bond donors (Lipinski definition) is 2.